The highest BCUT2D eigenvalue weighted by Crippen LogP contribution is 2.22. The van der Waals surface area contributed by atoms with Crippen molar-refractivity contribution in [1.29, 1.82) is 0 Å². The standard InChI is InChI=1S/C42H65N5O17S6/c48-35(44-27-33(67-23-3-7-39(54)55)29-65-21-1-5-37(50)51)13-16-46(17-14-36(49)45-28-34(68-24-4-8-40(56)57)30-66-22-2-6-38(52)53)18-15-43-41(58)62-19-25-69-70-26-20-63-42(59)64-32-11-9-31(10-12-32)47(60)61/h9-12,33-34H,1-8,13-30H2,(H,43,58)(H,44,48)(H,45,49)(H,50,51)(H,52,53)(H,54,55)(H,56,57). The number of carboxylic acids is 4. The molecule has 0 radical (unpaired) electrons. The number of benzene rings is 1. The van der Waals surface area contributed by atoms with E-state index in [1.54, 1.807) is 47.0 Å². The van der Waals surface area contributed by atoms with E-state index in [1.807, 2.05) is 4.90 Å². The molecule has 70 heavy (non-hydrogen) atoms. The van der Waals surface area contributed by atoms with Crippen molar-refractivity contribution in [2.45, 2.75) is 74.7 Å². The van der Waals surface area contributed by atoms with Crippen molar-refractivity contribution >= 4 is 122 Å². The fourth-order valence-electron chi connectivity index (χ4n) is 5.42. The zero-order chi connectivity index (χ0) is 51.8. The maximum Gasteiger partial charge on any atom is 0.513 e. The largest absolute Gasteiger partial charge is 0.513 e. The van der Waals surface area contributed by atoms with Crippen LogP contribution >= 0.6 is 68.6 Å². The topological polar surface area (TPSA) is 328 Å². The molecular formula is C42H65N5O17S6. The summed E-state index contributed by atoms with van der Waals surface area (Å²) in [5.41, 5.74) is -0.149. The van der Waals surface area contributed by atoms with Gasteiger partial charge in [0.25, 0.3) is 5.69 Å². The molecule has 2 atom stereocenters. The summed E-state index contributed by atoms with van der Waals surface area (Å²) >= 11 is 6.23. The number of nitrogens with zero attached hydrogens (tertiary/aromatic N) is 2. The fourth-order valence-corrected chi connectivity index (χ4v) is 11.9. The monoisotopic (exact) mass is 1100 g/mol. The lowest BCUT2D eigenvalue weighted by Gasteiger charge is -2.23. The number of nitro benzene ring substituents is 1. The van der Waals surface area contributed by atoms with Crippen LogP contribution in [0.1, 0.15) is 64.2 Å². The summed E-state index contributed by atoms with van der Waals surface area (Å²) in [4.78, 5) is 106. The van der Waals surface area contributed by atoms with E-state index in [0.717, 1.165) is 0 Å². The first kappa shape index (κ1) is 64.1. The summed E-state index contributed by atoms with van der Waals surface area (Å²) in [6, 6.07) is 4.95. The number of alkyl carbamates (subject to hydrolysis) is 1. The maximum atomic E-state index is 13.1. The van der Waals surface area contributed by atoms with Gasteiger partial charge in [0, 0.05) is 123 Å². The number of hydrogen-bond donors (Lipinski definition) is 7. The molecule has 0 saturated heterocycles. The maximum absolute atomic E-state index is 13.1. The smallest absolute Gasteiger partial charge is 0.481 e. The van der Waals surface area contributed by atoms with Crippen LogP contribution in [0.5, 0.6) is 5.75 Å². The number of carboxylic acid groups (broad SMARTS) is 4. The Morgan fingerprint density at radius 3 is 1.47 bits per heavy atom. The molecule has 2 unspecified atom stereocenters. The molecule has 0 aliphatic rings. The number of carbonyl (C=O) groups is 8. The number of rotatable bonds is 44. The second-order valence-corrected chi connectivity index (χ2v) is 22.6. The van der Waals surface area contributed by atoms with Gasteiger partial charge in [0.15, 0.2) is 0 Å². The van der Waals surface area contributed by atoms with Crippen molar-refractivity contribution in [3.05, 3.63) is 34.4 Å². The van der Waals surface area contributed by atoms with Gasteiger partial charge < -0.3 is 55.5 Å². The van der Waals surface area contributed by atoms with Gasteiger partial charge in [0.2, 0.25) is 11.8 Å². The van der Waals surface area contributed by atoms with E-state index in [-0.39, 0.29) is 112 Å². The van der Waals surface area contributed by atoms with Crippen molar-refractivity contribution in [3.8, 4) is 5.75 Å². The Balaban J connectivity index is 2.69. The summed E-state index contributed by atoms with van der Waals surface area (Å²) < 4.78 is 15.2. The molecule has 0 spiro atoms. The van der Waals surface area contributed by atoms with Crippen LogP contribution in [0.25, 0.3) is 0 Å². The second kappa shape index (κ2) is 41.6. The van der Waals surface area contributed by atoms with E-state index in [0.29, 0.717) is 84.8 Å². The van der Waals surface area contributed by atoms with Gasteiger partial charge in [-0.1, -0.05) is 21.6 Å². The number of carbonyl (C=O) groups excluding carboxylic acids is 4. The zero-order valence-electron chi connectivity index (χ0n) is 38.8. The Bertz CT molecular complexity index is 1670. The number of hydrogen-bond acceptors (Lipinski definition) is 20. The van der Waals surface area contributed by atoms with Crippen molar-refractivity contribution in [3.63, 3.8) is 0 Å². The van der Waals surface area contributed by atoms with Crippen LogP contribution in [0.4, 0.5) is 15.3 Å². The number of non-ortho nitro benzene ring substituents is 1. The zero-order valence-corrected chi connectivity index (χ0v) is 43.7. The number of thioether (sulfide) groups is 4. The number of nitrogens with one attached hydrogen (secondary N) is 3. The third kappa shape index (κ3) is 38.8. The van der Waals surface area contributed by atoms with Gasteiger partial charge in [0.1, 0.15) is 19.0 Å². The molecule has 0 saturated carbocycles. The summed E-state index contributed by atoms with van der Waals surface area (Å²) in [5, 5.41) is 55.1. The van der Waals surface area contributed by atoms with E-state index in [2.05, 4.69) is 16.0 Å². The van der Waals surface area contributed by atoms with Gasteiger partial charge in [-0.15, -0.1) is 0 Å². The van der Waals surface area contributed by atoms with Crippen LogP contribution in [0, 0.1) is 10.1 Å². The van der Waals surface area contributed by atoms with E-state index < -0.39 is 41.0 Å². The van der Waals surface area contributed by atoms with Crippen molar-refractivity contribution in [1.82, 2.24) is 20.9 Å². The molecule has 1 rings (SSSR count). The SMILES string of the molecule is O=C(O)CCCSCC(CNC(=O)CCN(CCNC(=O)OCCSSCCOC(=O)Oc1ccc([N+](=O)[O-])cc1)CCC(=O)NCC(CSCCCC(=O)O)SCCCC(=O)O)SCCCC(=O)O. The van der Waals surface area contributed by atoms with Crippen LogP contribution in [-0.2, 0) is 38.2 Å². The highest BCUT2D eigenvalue weighted by Gasteiger charge is 2.17. The lowest BCUT2D eigenvalue weighted by Crippen LogP contribution is -2.40. The predicted molar refractivity (Wildman–Crippen MR) is 276 cm³/mol. The van der Waals surface area contributed by atoms with Crippen LogP contribution in [0.3, 0.4) is 0 Å². The normalized spacial score (nSPS) is 11.8. The molecule has 396 valence electrons. The Labute approximate surface area is 432 Å². The van der Waals surface area contributed by atoms with Crippen LogP contribution in [0.2, 0.25) is 0 Å². The van der Waals surface area contributed by atoms with E-state index in [9.17, 15) is 48.5 Å². The second-order valence-electron chi connectivity index (χ2n) is 14.7. The first-order chi connectivity index (χ1) is 33.5. The summed E-state index contributed by atoms with van der Waals surface area (Å²) in [7, 11) is 2.76. The predicted octanol–water partition coefficient (Wildman–Crippen LogP) is 5.66. The van der Waals surface area contributed by atoms with Crippen LogP contribution < -0.4 is 20.7 Å². The molecule has 7 N–H and O–H groups in total. The lowest BCUT2D eigenvalue weighted by atomic mass is 10.3. The first-order valence-electron chi connectivity index (χ1n) is 22.3. The van der Waals surface area contributed by atoms with E-state index in [1.165, 1.54) is 45.9 Å². The molecule has 0 aliphatic carbocycles. The lowest BCUT2D eigenvalue weighted by molar-refractivity contribution is -0.384. The number of nitro groups is 1. The molecule has 0 aromatic heterocycles. The minimum Gasteiger partial charge on any atom is -0.481 e. The third-order valence-electron chi connectivity index (χ3n) is 8.92. The van der Waals surface area contributed by atoms with Crippen molar-refractivity contribution in [2.24, 2.45) is 0 Å². The average Bonchev–Trinajstić information content (AvgIpc) is 3.30. The van der Waals surface area contributed by atoms with Gasteiger partial charge in [-0.2, -0.15) is 47.0 Å². The summed E-state index contributed by atoms with van der Waals surface area (Å²) in [6.45, 7) is 1.65. The third-order valence-corrected chi connectivity index (χ3v) is 16.8. The van der Waals surface area contributed by atoms with Crippen molar-refractivity contribution in [2.75, 3.05) is 98.5 Å². The molecule has 0 bridgehead atoms. The van der Waals surface area contributed by atoms with Crippen molar-refractivity contribution < 1.29 is 77.9 Å². The molecule has 3 amide bonds. The average molecular weight is 1100 g/mol. The quantitative estimate of drug-likeness (QED) is 0.0103. The minimum atomic E-state index is -0.960. The van der Waals surface area contributed by atoms with Gasteiger partial charge in [-0.25, -0.2) is 9.59 Å². The highest BCUT2D eigenvalue weighted by molar-refractivity contribution is 8.76. The van der Waals surface area contributed by atoms with Gasteiger partial charge in [0.05, 0.1) is 4.92 Å². The molecule has 0 aliphatic heterocycles. The van der Waals surface area contributed by atoms with Crippen LogP contribution in [-0.4, -0.2) is 187 Å². The molecule has 1 aromatic carbocycles. The number of ether oxygens (including phenoxy) is 3. The molecule has 1 aromatic rings. The van der Waals surface area contributed by atoms with Gasteiger partial charge >= 0.3 is 36.1 Å². The van der Waals surface area contributed by atoms with E-state index >= 15 is 0 Å². The molecule has 22 nitrogen and oxygen atoms in total. The summed E-state index contributed by atoms with van der Waals surface area (Å²) in [6.07, 6.45) is 0.603. The van der Waals surface area contributed by atoms with Crippen LogP contribution in [0.15, 0.2) is 24.3 Å². The Morgan fingerprint density at radius 2 is 1.03 bits per heavy atom. The highest BCUT2D eigenvalue weighted by atomic mass is 33.1. The molecule has 28 heteroatoms. The van der Waals surface area contributed by atoms with Gasteiger partial charge in [-0.3, -0.25) is 38.9 Å². The first-order valence-corrected chi connectivity index (χ1v) is 29.2. The number of amides is 3. The summed E-state index contributed by atoms with van der Waals surface area (Å²) in [5.74, 6) is 0.567. The van der Waals surface area contributed by atoms with E-state index in [4.69, 9.17) is 34.6 Å². The minimum absolute atomic E-state index is 0.0243. The van der Waals surface area contributed by atoms with Gasteiger partial charge in [-0.05, 0) is 60.8 Å². The molecule has 0 heterocycles. The Hall–Kier alpha value is -3.96. The molecular weight excluding hydrogens is 1040 g/mol. The number of aliphatic carboxylic acids is 4. The fraction of sp³-hybridized carbons (Fsp3) is 0.667. The molecule has 0 fully saturated rings. The Morgan fingerprint density at radius 1 is 0.586 bits per heavy atom. The Kier molecular flexibility index (Phi) is 38.1.